The Morgan fingerprint density at radius 3 is 2.65 bits per heavy atom. The minimum absolute atomic E-state index is 0.0805. The van der Waals surface area contributed by atoms with Crippen LogP contribution in [0.25, 0.3) is 0 Å². The second kappa shape index (κ2) is 8.47. The quantitative estimate of drug-likeness (QED) is 0.721. The number of rotatable bonds is 7. The van der Waals surface area contributed by atoms with Crippen LogP contribution in [0.3, 0.4) is 0 Å². The number of hydrogen-bond donors (Lipinski definition) is 3. The number of benzene rings is 1. The summed E-state index contributed by atoms with van der Waals surface area (Å²) in [5.74, 6) is -1.76. The lowest BCUT2D eigenvalue weighted by Gasteiger charge is -2.16. The highest BCUT2D eigenvalue weighted by Crippen LogP contribution is 2.13. The fraction of sp³-hybridized carbons (Fsp3) is 0.500. The number of aliphatic hydroxyl groups excluding tert-OH is 1. The van der Waals surface area contributed by atoms with Crippen molar-refractivity contribution in [3.05, 3.63) is 29.8 Å². The second-order valence-electron chi connectivity index (χ2n) is 4.63. The first kappa shape index (κ1) is 16.4. The van der Waals surface area contributed by atoms with Gasteiger partial charge in [0.05, 0.1) is 0 Å². The molecule has 20 heavy (non-hydrogen) atoms. The summed E-state index contributed by atoms with van der Waals surface area (Å²) in [5, 5.41) is 14.0. The average molecular weight is 286 g/mol. The summed E-state index contributed by atoms with van der Waals surface area (Å²) < 4.78 is 25.7. The average Bonchev–Trinajstić information content (AvgIpc) is 2.41. The number of urea groups is 1. The van der Waals surface area contributed by atoms with Crippen molar-refractivity contribution in [1.82, 2.24) is 5.32 Å². The molecule has 1 aromatic rings. The van der Waals surface area contributed by atoms with Crippen molar-refractivity contribution in [1.29, 1.82) is 0 Å². The number of carbonyl (C=O) groups is 1. The molecule has 0 spiro atoms. The Morgan fingerprint density at radius 1 is 1.30 bits per heavy atom. The molecule has 1 atom stereocenters. The number of aliphatic hydroxyl groups is 1. The molecule has 1 unspecified atom stereocenters. The molecule has 0 aliphatic rings. The number of anilines is 1. The topological polar surface area (TPSA) is 61.4 Å². The fourth-order valence-corrected chi connectivity index (χ4v) is 1.93. The Balaban J connectivity index is 2.44. The summed E-state index contributed by atoms with van der Waals surface area (Å²) in [6, 6.07) is 2.69. The van der Waals surface area contributed by atoms with Gasteiger partial charge in [-0.1, -0.05) is 13.3 Å². The Bertz CT molecular complexity index is 435. The predicted octanol–water partition coefficient (Wildman–Crippen LogP) is 2.89. The third-order valence-corrected chi connectivity index (χ3v) is 2.96. The van der Waals surface area contributed by atoms with E-state index in [1.807, 2.05) is 6.92 Å². The van der Waals surface area contributed by atoms with Crippen molar-refractivity contribution in [2.45, 2.75) is 26.2 Å². The molecule has 1 rings (SSSR count). The van der Waals surface area contributed by atoms with E-state index in [2.05, 4.69) is 10.6 Å². The molecule has 4 nitrogen and oxygen atoms in total. The number of hydrogen-bond acceptors (Lipinski definition) is 2. The first-order chi connectivity index (χ1) is 9.56. The molecule has 112 valence electrons. The van der Waals surface area contributed by atoms with Gasteiger partial charge in [-0.2, -0.15) is 0 Å². The van der Waals surface area contributed by atoms with Crippen molar-refractivity contribution in [2.24, 2.45) is 5.92 Å². The predicted molar refractivity (Wildman–Crippen MR) is 73.5 cm³/mol. The normalized spacial score (nSPS) is 12.0. The summed E-state index contributed by atoms with van der Waals surface area (Å²) in [6.07, 6.45) is 2.50. The van der Waals surface area contributed by atoms with Crippen LogP contribution in [0, 0.1) is 17.6 Å². The van der Waals surface area contributed by atoms with Crippen molar-refractivity contribution >= 4 is 11.7 Å². The van der Waals surface area contributed by atoms with E-state index in [4.69, 9.17) is 5.11 Å². The minimum Gasteiger partial charge on any atom is -0.396 e. The highest BCUT2D eigenvalue weighted by atomic mass is 19.2. The molecule has 3 N–H and O–H groups in total. The number of amides is 2. The van der Waals surface area contributed by atoms with Gasteiger partial charge in [0.2, 0.25) is 0 Å². The number of carbonyl (C=O) groups excluding carboxylic acids is 1. The Morgan fingerprint density at radius 2 is 2.05 bits per heavy atom. The van der Waals surface area contributed by atoms with Gasteiger partial charge < -0.3 is 15.7 Å². The van der Waals surface area contributed by atoms with E-state index in [9.17, 15) is 13.6 Å². The van der Waals surface area contributed by atoms with Gasteiger partial charge in [-0.3, -0.25) is 0 Å². The van der Waals surface area contributed by atoms with Crippen LogP contribution < -0.4 is 10.6 Å². The van der Waals surface area contributed by atoms with E-state index in [0.29, 0.717) is 13.0 Å². The highest BCUT2D eigenvalue weighted by Gasteiger charge is 2.10. The SMILES string of the molecule is CCCC(CCO)CNC(=O)Nc1ccc(F)c(F)c1. The summed E-state index contributed by atoms with van der Waals surface area (Å²) in [4.78, 5) is 11.6. The van der Waals surface area contributed by atoms with Gasteiger partial charge in [0.25, 0.3) is 0 Å². The maximum atomic E-state index is 13.0. The van der Waals surface area contributed by atoms with Crippen molar-refractivity contribution in [3.8, 4) is 0 Å². The van der Waals surface area contributed by atoms with Crippen molar-refractivity contribution in [2.75, 3.05) is 18.5 Å². The first-order valence-corrected chi connectivity index (χ1v) is 6.67. The zero-order chi connectivity index (χ0) is 15.0. The molecular weight excluding hydrogens is 266 g/mol. The van der Waals surface area contributed by atoms with E-state index >= 15 is 0 Å². The van der Waals surface area contributed by atoms with E-state index in [0.717, 1.165) is 25.0 Å². The van der Waals surface area contributed by atoms with Crippen LogP contribution in [0.1, 0.15) is 26.2 Å². The zero-order valence-electron chi connectivity index (χ0n) is 11.5. The monoisotopic (exact) mass is 286 g/mol. The fourth-order valence-electron chi connectivity index (χ4n) is 1.93. The largest absolute Gasteiger partial charge is 0.396 e. The maximum absolute atomic E-state index is 13.0. The van der Waals surface area contributed by atoms with Crippen LogP contribution in [0.15, 0.2) is 18.2 Å². The van der Waals surface area contributed by atoms with Gasteiger partial charge in [0.15, 0.2) is 11.6 Å². The van der Waals surface area contributed by atoms with Gasteiger partial charge >= 0.3 is 6.03 Å². The number of halogens is 2. The van der Waals surface area contributed by atoms with Gasteiger partial charge in [-0.05, 0) is 30.9 Å². The molecule has 1 aromatic carbocycles. The van der Waals surface area contributed by atoms with Gasteiger partial charge in [-0.15, -0.1) is 0 Å². The lowest BCUT2D eigenvalue weighted by Crippen LogP contribution is -2.33. The third kappa shape index (κ3) is 5.52. The van der Waals surface area contributed by atoms with Crippen LogP contribution in [-0.2, 0) is 0 Å². The van der Waals surface area contributed by atoms with Crippen molar-refractivity contribution in [3.63, 3.8) is 0 Å². The molecule has 0 heterocycles. The zero-order valence-corrected chi connectivity index (χ0v) is 11.5. The molecule has 6 heteroatoms. The third-order valence-electron chi connectivity index (χ3n) is 2.96. The number of nitrogens with one attached hydrogen (secondary N) is 2. The summed E-state index contributed by atoms with van der Waals surface area (Å²) in [6.45, 7) is 2.55. The summed E-state index contributed by atoms with van der Waals surface area (Å²) >= 11 is 0. The molecule has 0 aromatic heterocycles. The Kier molecular flexibility index (Phi) is 6.93. The van der Waals surface area contributed by atoms with Crippen LogP contribution in [-0.4, -0.2) is 24.3 Å². The minimum atomic E-state index is -1.01. The van der Waals surface area contributed by atoms with Gasteiger partial charge in [0.1, 0.15) is 0 Å². The maximum Gasteiger partial charge on any atom is 0.319 e. The van der Waals surface area contributed by atoms with Gasteiger partial charge in [-0.25, -0.2) is 13.6 Å². The molecule has 2 amide bonds. The van der Waals surface area contributed by atoms with Gasteiger partial charge in [0, 0.05) is 24.9 Å². The summed E-state index contributed by atoms with van der Waals surface area (Å²) in [7, 11) is 0. The highest BCUT2D eigenvalue weighted by molar-refractivity contribution is 5.89. The van der Waals surface area contributed by atoms with Crippen LogP contribution in [0.4, 0.5) is 19.3 Å². The molecule has 0 bridgehead atoms. The van der Waals surface area contributed by atoms with E-state index < -0.39 is 17.7 Å². The lowest BCUT2D eigenvalue weighted by molar-refractivity contribution is 0.236. The Labute approximate surface area is 117 Å². The van der Waals surface area contributed by atoms with Crippen LogP contribution in [0.2, 0.25) is 0 Å². The van der Waals surface area contributed by atoms with E-state index in [-0.39, 0.29) is 18.2 Å². The molecule has 0 saturated heterocycles. The van der Waals surface area contributed by atoms with E-state index in [1.54, 1.807) is 0 Å². The molecular formula is C14H20F2N2O2. The molecule has 0 aliphatic carbocycles. The molecule has 0 aliphatic heterocycles. The molecule has 0 saturated carbocycles. The van der Waals surface area contributed by atoms with Crippen molar-refractivity contribution < 1.29 is 18.7 Å². The standard InChI is InChI=1S/C14H20F2N2O2/c1-2-3-10(6-7-19)9-17-14(20)18-11-4-5-12(15)13(16)8-11/h4-5,8,10,19H,2-3,6-7,9H2,1H3,(H2,17,18,20). The smallest absolute Gasteiger partial charge is 0.319 e. The first-order valence-electron chi connectivity index (χ1n) is 6.67. The van der Waals surface area contributed by atoms with E-state index in [1.165, 1.54) is 6.07 Å². The molecule has 0 radical (unpaired) electrons. The Hall–Kier alpha value is -1.69. The van der Waals surface area contributed by atoms with Crippen LogP contribution in [0.5, 0.6) is 0 Å². The lowest BCUT2D eigenvalue weighted by atomic mass is 10.0. The summed E-state index contributed by atoms with van der Waals surface area (Å²) in [5.41, 5.74) is 0.190. The second-order valence-corrected chi connectivity index (χ2v) is 4.63. The van der Waals surface area contributed by atoms with Crippen LogP contribution >= 0.6 is 0 Å². The molecule has 0 fully saturated rings.